The quantitative estimate of drug-likeness (QED) is 0.180. The number of fused-ring (bicyclic) bond motifs is 1. The van der Waals surface area contributed by atoms with E-state index in [0.717, 1.165) is 36.8 Å². The summed E-state index contributed by atoms with van der Waals surface area (Å²) in [6, 6.07) is 5.71. The van der Waals surface area contributed by atoms with Gasteiger partial charge in [0.2, 0.25) is 5.91 Å². The Morgan fingerprint density at radius 1 is 1.26 bits per heavy atom. The van der Waals surface area contributed by atoms with Crippen molar-refractivity contribution in [2.45, 2.75) is 39.5 Å². The summed E-state index contributed by atoms with van der Waals surface area (Å²) in [6.45, 7) is 7.42. The molecule has 0 spiro atoms. The lowest BCUT2D eigenvalue weighted by atomic mass is 9.93. The molecule has 174 valence electrons. The van der Waals surface area contributed by atoms with Gasteiger partial charge >= 0.3 is 0 Å². The number of nitrogens with zero attached hydrogens (tertiary/aromatic N) is 1. The van der Waals surface area contributed by atoms with Gasteiger partial charge in [0.05, 0.1) is 25.2 Å². The fourth-order valence-electron chi connectivity index (χ4n) is 2.79. The van der Waals surface area contributed by atoms with E-state index in [1.54, 1.807) is 13.8 Å². The summed E-state index contributed by atoms with van der Waals surface area (Å²) in [6.07, 6.45) is 4.32. The Kier molecular flexibility index (Phi) is 10.1. The second kappa shape index (κ2) is 12.3. The molecule has 0 radical (unpaired) electrons. The first-order valence-electron chi connectivity index (χ1n) is 10.8. The van der Waals surface area contributed by atoms with Crippen LogP contribution in [0, 0.1) is 11.3 Å². The van der Waals surface area contributed by atoms with Crippen LogP contribution in [0.5, 0.6) is 11.5 Å². The summed E-state index contributed by atoms with van der Waals surface area (Å²) in [7, 11) is 0. The molecule has 0 unspecified atom stereocenters. The van der Waals surface area contributed by atoms with E-state index in [0.29, 0.717) is 38.1 Å². The number of nitrogens with one attached hydrogen (secondary N) is 2. The summed E-state index contributed by atoms with van der Waals surface area (Å²) in [5.74, 6) is 2.43. The number of anilines is 1. The van der Waals surface area contributed by atoms with E-state index in [2.05, 4.69) is 15.6 Å². The van der Waals surface area contributed by atoms with Crippen molar-refractivity contribution in [1.29, 1.82) is 0 Å². The summed E-state index contributed by atoms with van der Waals surface area (Å²) in [5, 5.41) is 6.60. The van der Waals surface area contributed by atoms with Gasteiger partial charge in [-0.15, -0.1) is 24.0 Å². The number of guanidine groups is 1. The molecule has 1 aliphatic heterocycles. The fourth-order valence-corrected chi connectivity index (χ4v) is 2.79. The van der Waals surface area contributed by atoms with Gasteiger partial charge in [0.25, 0.3) is 0 Å². The van der Waals surface area contributed by atoms with Crippen molar-refractivity contribution < 1.29 is 19.0 Å². The molecule has 1 aromatic carbocycles. The molecule has 1 saturated carbocycles. The minimum absolute atomic E-state index is 0. The van der Waals surface area contributed by atoms with Crippen LogP contribution in [0.3, 0.4) is 0 Å². The second-order valence-electron chi connectivity index (χ2n) is 8.55. The highest BCUT2D eigenvalue weighted by Gasteiger charge is 2.25. The monoisotopic (exact) mass is 546 g/mol. The van der Waals surface area contributed by atoms with Gasteiger partial charge in [0.15, 0.2) is 17.5 Å². The van der Waals surface area contributed by atoms with Crippen LogP contribution in [-0.4, -0.2) is 51.4 Å². The molecule has 9 heteroatoms. The second-order valence-corrected chi connectivity index (χ2v) is 8.55. The summed E-state index contributed by atoms with van der Waals surface area (Å²) in [4.78, 5) is 16.2. The number of ether oxygens (including phenoxy) is 3. The first-order chi connectivity index (χ1) is 14.4. The Morgan fingerprint density at radius 3 is 2.71 bits per heavy atom. The van der Waals surface area contributed by atoms with Crippen molar-refractivity contribution in [2.75, 3.05) is 44.8 Å². The van der Waals surface area contributed by atoms with E-state index >= 15 is 0 Å². The Hall–Kier alpha value is -1.75. The number of halogens is 1. The van der Waals surface area contributed by atoms with E-state index < -0.39 is 5.41 Å². The topological polar surface area (TPSA) is 107 Å². The third kappa shape index (κ3) is 8.72. The lowest BCUT2D eigenvalue weighted by Crippen LogP contribution is -2.37. The van der Waals surface area contributed by atoms with Crippen LogP contribution in [0.15, 0.2) is 23.2 Å². The summed E-state index contributed by atoms with van der Waals surface area (Å²) in [5.41, 5.74) is 5.59. The van der Waals surface area contributed by atoms with Crippen molar-refractivity contribution in [3.63, 3.8) is 0 Å². The standard InChI is InChI=1S/C22H34N4O4.HI/c1-22(2,20(23)27)15-25-21(24-9-3-10-28-14-16-5-6-16)26-17-7-8-18-19(13-17)30-12-4-11-29-18;/h7-8,13,16H,3-6,9-12,14-15H2,1-2H3,(H2,23,27)(H2,24,25,26);1H. The van der Waals surface area contributed by atoms with Crippen molar-refractivity contribution >= 4 is 41.5 Å². The lowest BCUT2D eigenvalue weighted by Gasteiger charge is -2.19. The van der Waals surface area contributed by atoms with Crippen molar-refractivity contribution in [2.24, 2.45) is 22.1 Å². The van der Waals surface area contributed by atoms with E-state index in [9.17, 15) is 4.79 Å². The molecule has 0 aromatic heterocycles. The van der Waals surface area contributed by atoms with Crippen LogP contribution >= 0.6 is 24.0 Å². The molecule has 0 atom stereocenters. The number of hydrogen-bond acceptors (Lipinski definition) is 5. The minimum atomic E-state index is -0.729. The normalized spacial score (nSPS) is 16.1. The van der Waals surface area contributed by atoms with E-state index in [4.69, 9.17) is 19.9 Å². The fraction of sp³-hybridized carbons (Fsp3) is 0.636. The Labute approximate surface area is 201 Å². The highest BCUT2D eigenvalue weighted by atomic mass is 127. The average molecular weight is 546 g/mol. The summed E-state index contributed by atoms with van der Waals surface area (Å²) < 4.78 is 17.1. The van der Waals surface area contributed by atoms with Crippen LogP contribution in [0.1, 0.15) is 39.5 Å². The zero-order valence-electron chi connectivity index (χ0n) is 18.4. The molecule has 8 nitrogen and oxygen atoms in total. The molecule has 1 heterocycles. The highest BCUT2D eigenvalue weighted by molar-refractivity contribution is 14.0. The molecular formula is C22H35IN4O4. The lowest BCUT2D eigenvalue weighted by molar-refractivity contribution is -0.125. The maximum absolute atomic E-state index is 11.6. The molecule has 1 fully saturated rings. The van der Waals surface area contributed by atoms with Crippen LogP contribution in [0.4, 0.5) is 5.69 Å². The first-order valence-corrected chi connectivity index (χ1v) is 10.8. The predicted molar refractivity (Wildman–Crippen MR) is 133 cm³/mol. The predicted octanol–water partition coefficient (Wildman–Crippen LogP) is 3.15. The first kappa shape index (κ1) is 25.5. The third-order valence-electron chi connectivity index (χ3n) is 5.12. The smallest absolute Gasteiger partial charge is 0.224 e. The minimum Gasteiger partial charge on any atom is -0.490 e. The number of aliphatic imine (C=N–C) groups is 1. The van der Waals surface area contributed by atoms with Crippen LogP contribution in [0.2, 0.25) is 0 Å². The number of hydrogen-bond donors (Lipinski definition) is 3. The van der Waals surface area contributed by atoms with E-state index in [1.165, 1.54) is 12.8 Å². The van der Waals surface area contributed by atoms with Gasteiger partial charge in [0.1, 0.15) is 0 Å². The number of amides is 1. The number of carbonyl (C=O) groups is 1. The SMILES string of the molecule is CC(C)(CN=C(NCCCOCC1CC1)Nc1ccc2c(c1)OCCCO2)C(N)=O.I. The number of nitrogens with two attached hydrogens (primary N) is 1. The Bertz CT molecular complexity index is 753. The molecule has 31 heavy (non-hydrogen) atoms. The molecule has 1 aliphatic carbocycles. The maximum Gasteiger partial charge on any atom is 0.224 e. The molecular weight excluding hydrogens is 511 g/mol. The zero-order chi connectivity index (χ0) is 21.4. The van der Waals surface area contributed by atoms with E-state index in [-0.39, 0.29) is 36.4 Å². The van der Waals surface area contributed by atoms with Crippen LogP contribution in [0.25, 0.3) is 0 Å². The van der Waals surface area contributed by atoms with E-state index in [1.807, 2.05) is 18.2 Å². The zero-order valence-corrected chi connectivity index (χ0v) is 20.8. The Balaban J connectivity index is 0.00000341. The third-order valence-corrected chi connectivity index (χ3v) is 5.12. The summed E-state index contributed by atoms with van der Waals surface area (Å²) >= 11 is 0. The van der Waals surface area contributed by atoms with Gasteiger partial charge in [-0.25, -0.2) is 0 Å². The van der Waals surface area contributed by atoms with Crippen LogP contribution < -0.4 is 25.8 Å². The molecule has 4 N–H and O–H groups in total. The highest BCUT2D eigenvalue weighted by Crippen LogP contribution is 2.32. The largest absolute Gasteiger partial charge is 0.490 e. The van der Waals surface area contributed by atoms with Crippen LogP contribution in [-0.2, 0) is 9.53 Å². The number of rotatable bonds is 10. The molecule has 0 saturated heterocycles. The van der Waals surface area contributed by atoms with Gasteiger partial charge in [0, 0.05) is 37.9 Å². The van der Waals surface area contributed by atoms with Crippen molar-refractivity contribution in [1.82, 2.24) is 5.32 Å². The molecule has 0 bridgehead atoms. The van der Waals surface area contributed by atoms with Gasteiger partial charge in [-0.3, -0.25) is 9.79 Å². The molecule has 1 aromatic rings. The van der Waals surface area contributed by atoms with Gasteiger partial charge < -0.3 is 30.6 Å². The van der Waals surface area contributed by atoms with Crippen molar-refractivity contribution in [3.05, 3.63) is 18.2 Å². The van der Waals surface area contributed by atoms with Gasteiger partial charge in [-0.1, -0.05) is 0 Å². The number of primary amides is 1. The molecule has 2 aliphatic rings. The average Bonchev–Trinajstić information content (AvgIpc) is 3.55. The maximum atomic E-state index is 11.6. The Morgan fingerprint density at radius 2 is 2.00 bits per heavy atom. The number of carbonyl (C=O) groups excluding carboxylic acids is 1. The molecule has 1 amide bonds. The van der Waals surface area contributed by atoms with Gasteiger partial charge in [-0.2, -0.15) is 0 Å². The number of benzene rings is 1. The molecule has 3 rings (SSSR count). The van der Waals surface area contributed by atoms with Gasteiger partial charge in [-0.05, 0) is 51.2 Å². The van der Waals surface area contributed by atoms with Crippen molar-refractivity contribution in [3.8, 4) is 11.5 Å².